The number of Topliss-reactive ketones (excluding diaryl/α,β-unsaturated/α-hetero) is 1. The quantitative estimate of drug-likeness (QED) is 0.715. The van der Waals surface area contributed by atoms with Crippen LogP contribution < -0.4 is 5.32 Å². The predicted octanol–water partition coefficient (Wildman–Crippen LogP) is 0.338. The number of ketones is 1. The van der Waals surface area contributed by atoms with E-state index in [1.807, 2.05) is 0 Å². The van der Waals surface area contributed by atoms with E-state index in [4.69, 9.17) is 4.74 Å². The van der Waals surface area contributed by atoms with Gasteiger partial charge in [0.2, 0.25) is 0 Å². The van der Waals surface area contributed by atoms with Gasteiger partial charge >= 0.3 is 6.09 Å². The molecule has 14 heavy (non-hydrogen) atoms. The SMILES string of the molecule is COC(=O)NCC(=O)C1CCOCC1. The van der Waals surface area contributed by atoms with E-state index in [2.05, 4.69) is 10.1 Å². The van der Waals surface area contributed by atoms with Crippen LogP contribution in [0.2, 0.25) is 0 Å². The number of hydrogen-bond acceptors (Lipinski definition) is 4. The van der Waals surface area contributed by atoms with Gasteiger partial charge in [0.05, 0.1) is 13.7 Å². The molecule has 1 aliphatic heterocycles. The van der Waals surface area contributed by atoms with Crippen molar-refractivity contribution in [3.63, 3.8) is 0 Å². The van der Waals surface area contributed by atoms with Crippen LogP contribution in [0.4, 0.5) is 4.79 Å². The standard InChI is InChI=1S/C9H15NO4/c1-13-9(12)10-6-8(11)7-2-4-14-5-3-7/h7H,2-6H2,1H3,(H,10,12). The summed E-state index contributed by atoms with van der Waals surface area (Å²) < 4.78 is 9.49. The molecule has 0 radical (unpaired) electrons. The van der Waals surface area contributed by atoms with Gasteiger partial charge in [-0.2, -0.15) is 0 Å². The second-order valence-electron chi connectivity index (χ2n) is 3.20. The summed E-state index contributed by atoms with van der Waals surface area (Å²) >= 11 is 0. The van der Waals surface area contributed by atoms with Crippen LogP contribution in [0, 0.1) is 5.92 Å². The first-order chi connectivity index (χ1) is 6.74. The second kappa shape index (κ2) is 5.59. The van der Waals surface area contributed by atoms with Gasteiger partial charge in [0.25, 0.3) is 0 Å². The topological polar surface area (TPSA) is 64.6 Å². The maximum Gasteiger partial charge on any atom is 0.407 e. The maximum absolute atomic E-state index is 11.5. The average Bonchev–Trinajstić information content (AvgIpc) is 2.26. The molecule has 80 valence electrons. The lowest BCUT2D eigenvalue weighted by Gasteiger charge is -2.20. The normalized spacial score (nSPS) is 17.5. The van der Waals surface area contributed by atoms with E-state index < -0.39 is 6.09 Å². The molecule has 1 saturated heterocycles. The Bertz CT molecular complexity index is 211. The number of carbonyl (C=O) groups is 2. The maximum atomic E-state index is 11.5. The molecule has 0 aliphatic carbocycles. The molecule has 0 bridgehead atoms. The molecule has 0 spiro atoms. The first-order valence-electron chi connectivity index (χ1n) is 4.66. The third kappa shape index (κ3) is 3.33. The van der Waals surface area contributed by atoms with Gasteiger partial charge in [0.1, 0.15) is 0 Å². The molecule has 1 N–H and O–H groups in total. The van der Waals surface area contributed by atoms with Crippen LogP contribution in [0.3, 0.4) is 0 Å². The highest BCUT2D eigenvalue weighted by atomic mass is 16.5. The Labute approximate surface area is 82.8 Å². The van der Waals surface area contributed by atoms with Crippen molar-refractivity contribution in [3.05, 3.63) is 0 Å². The molecule has 1 heterocycles. The van der Waals surface area contributed by atoms with Crippen molar-refractivity contribution in [2.24, 2.45) is 5.92 Å². The first-order valence-corrected chi connectivity index (χ1v) is 4.66. The number of alkyl carbamates (subject to hydrolysis) is 1. The summed E-state index contributed by atoms with van der Waals surface area (Å²) in [5, 5.41) is 2.38. The van der Waals surface area contributed by atoms with Crippen LogP contribution >= 0.6 is 0 Å². The van der Waals surface area contributed by atoms with Gasteiger partial charge in [-0.1, -0.05) is 0 Å². The van der Waals surface area contributed by atoms with E-state index >= 15 is 0 Å². The van der Waals surface area contributed by atoms with Gasteiger partial charge in [0.15, 0.2) is 5.78 Å². The van der Waals surface area contributed by atoms with Crippen LogP contribution in [0.5, 0.6) is 0 Å². The Hall–Kier alpha value is -1.10. The Morgan fingerprint density at radius 2 is 2.07 bits per heavy atom. The summed E-state index contributed by atoms with van der Waals surface area (Å²) in [6.45, 7) is 1.32. The van der Waals surface area contributed by atoms with Crippen molar-refractivity contribution in [3.8, 4) is 0 Å². The van der Waals surface area contributed by atoms with Crippen molar-refractivity contribution < 1.29 is 19.1 Å². The molecule has 0 aromatic heterocycles. The minimum atomic E-state index is -0.564. The third-order valence-electron chi connectivity index (χ3n) is 2.27. The lowest BCUT2D eigenvalue weighted by molar-refractivity contribution is -0.124. The van der Waals surface area contributed by atoms with Crippen molar-refractivity contribution >= 4 is 11.9 Å². The zero-order valence-corrected chi connectivity index (χ0v) is 8.25. The van der Waals surface area contributed by atoms with Crippen molar-refractivity contribution in [2.75, 3.05) is 26.9 Å². The zero-order valence-electron chi connectivity index (χ0n) is 8.25. The first kappa shape index (κ1) is 11.0. The predicted molar refractivity (Wildman–Crippen MR) is 49.0 cm³/mol. The van der Waals surface area contributed by atoms with Crippen molar-refractivity contribution in [1.29, 1.82) is 0 Å². The van der Waals surface area contributed by atoms with Gasteiger partial charge in [0, 0.05) is 19.1 Å². The molecule has 0 aromatic carbocycles. The summed E-state index contributed by atoms with van der Waals surface area (Å²) in [5.74, 6) is 0.0830. The summed E-state index contributed by atoms with van der Waals surface area (Å²) in [6.07, 6.45) is 0.939. The van der Waals surface area contributed by atoms with Crippen LogP contribution in [0.15, 0.2) is 0 Å². The van der Waals surface area contributed by atoms with Crippen molar-refractivity contribution in [1.82, 2.24) is 5.32 Å². The highest BCUT2D eigenvalue weighted by Crippen LogP contribution is 2.14. The van der Waals surface area contributed by atoms with E-state index in [1.54, 1.807) is 0 Å². The van der Waals surface area contributed by atoms with Gasteiger partial charge in [-0.05, 0) is 12.8 Å². The monoisotopic (exact) mass is 201 g/mol. The number of rotatable bonds is 3. The fourth-order valence-corrected chi connectivity index (χ4v) is 1.40. The minimum Gasteiger partial charge on any atom is -0.453 e. The number of ether oxygens (including phenoxy) is 2. The van der Waals surface area contributed by atoms with Crippen LogP contribution in [0.25, 0.3) is 0 Å². The highest BCUT2D eigenvalue weighted by Gasteiger charge is 2.21. The fraction of sp³-hybridized carbons (Fsp3) is 0.778. The lowest BCUT2D eigenvalue weighted by atomic mass is 9.95. The number of hydrogen-bond donors (Lipinski definition) is 1. The Balaban J connectivity index is 2.23. The molecular weight excluding hydrogens is 186 g/mol. The average molecular weight is 201 g/mol. The third-order valence-corrected chi connectivity index (χ3v) is 2.27. The molecular formula is C9H15NO4. The van der Waals surface area contributed by atoms with Crippen molar-refractivity contribution in [2.45, 2.75) is 12.8 Å². The molecule has 0 atom stereocenters. The van der Waals surface area contributed by atoms with Crippen LogP contribution in [-0.4, -0.2) is 38.7 Å². The smallest absolute Gasteiger partial charge is 0.407 e. The summed E-state index contributed by atoms with van der Waals surface area (Å²) in [4.78, 5) is 22.2. The molecule has 5 heteroatoms. The molecule has 1 amide bonds. The number of carbonyl (C=O) groups excluding carboxylic acids is 2. The molecule has 0 unspecified atom stereocenters. The number of amides is 1. The molecule has 1 fully saturated rings. The highest BCUT2D eigenvalue weighted by molar-refractivity contribution is 5.85. The Morgan fingerprint density at radius 3 is 2.64 bits per heavy atom. The minimum absolute atomic E-state index is 0.0286. The van der Waals surface area contributed by atoms with Crippen LogP contribution in [-0.2, 0) is 14.3 Å². The largest absolute Gasteiger partial charge is 0.453 e. The summed E-state index contributed by atoms with van der Waals surface area (Å²) in [7, 11) is 1.27. The Kier molecular flexibility index (Phi) is 4.39. The van der Waals surface area contributed by atoms with E-state index in [1.165, 1.54) is 7.11 Å². The van der Waals surface area contributed by atoms with E-state index in [0.717, 1.165) is 12.8 Å². The molecule has 0 aromatic rings. The van der Waals surface area contributed by atoms with Gasteiger partial charge in [-0.3, -0.25) is 4.79 Å². The number of nitrogens with one attached hydrogen (secondary N) is 1. The molecule has 0 saturated carbocycles. The van der Waals surface area contributed by atoms with E-state index in [0.29, 0.717) is 13.2 Å². The fourth-order valence-electron chi connectivity index (χ4n) is 1.40. The Morgan fingerprint density at radius 1 is 1.43 bits per heavy atom. The second-order valence-corrected chi connectivity index (χ2v) is 3.20. The molecule has 1 aliphatic rings. The molecule has 5 nitrogen and oxygen atoms in total. The van der Waals surface area contributed by atoms with E-state index in [-0.39, 0.29) is 18.2 Å². The zero-order chi connectivity index (χ0) is 10.4. The summed E-state index contributed by atoms with van der Waals surface area (Å²) in [5.41, 5.74) is 0. The van der Waals surface area contributed by atoms with Gasteiger partial charge < -0.3 is 14.8 Å². The summed E-state index contributed by atoms with van der Waals surface area (Å²) in [6, 6.07) is 0. The van der Waals surface area contributed by atoms with Gasteiger partial charge in [-0.15, -0.1) is 0 Å². The van der Waals surface area contributed by atoms with E-state index in [9.17, 15) is 9.59 Å². The number of methoxy groups -OCH3 is 1. The molecule has 1 rings (SSSR count). The lowest BCUT2D eigenvalue weighted by Crippen LogP contribution is -2.34. The van der Waals surface area contributed by atoms with Crippen LogP contribution in [0.1, 0.15) is 12.8 Å². The van der Waals surface area contributed by atoms with Gasteiger partial charge in [-0.25, -0.2) is 4.79 Å².